The Kier molecular flexibility index (Phi) is 24.5. The Labute approximate surface area is 213 Å². The van der Waals surface area contributed by atoms with Crippen molar-refractivity contribution in [3.63, 3.8) is 0 Å². The summed E-state index contributed by atoms with van der Waals surface area (Å²) in [5, 5.41) is 0. The lowest BCUT2D eigenvalue weighted by molar-refractivity contribution is -0.0566. The summed E-state index contributed by atoms with van der Waals surface area (Å²) in [7, 11) is 0. The van der Waals surface area contributed by atoms with E-state index >= 15 is 0 Å². The van der Waals surface area contributed by atoms with Crippen molar-refractivity contribution in [2.75, 3.05) is 19.8 Å². The van der Waals surface area contributed by atoms with Crippen LogP contribution in [0.4, 0.5) is 0 Å². The Morgan fingerprint density at radius 3 is 1.74 bits per heavy atom. The van der Waals surface area contributed by atoms with E-state index in [-0.39, 0.29) is 11.6 Å². The van der Waals surface area contributed by atoms with Crippen molar-refractivity contribution in [3.05, 3.63) is 36.5 Å². The zero-order valence-electron chi connectivity index (χ0n) is 23.4. The van der Waals surface area contributed by atoms with Gasteiger partial charge in [-0.3, -0.25) is 0 Å². The van der Waals surface area contributed by atoms with Gasteiger partial charge in [0.25, 0.3) is 0 Å². The lowest BCUT2D eigenvalue weighted by Gasteiger charge is -2.31. The van der Waals surface area contributed by atoms with Gasteiger partial charge in [0.2, 0.25) is 0 Å². The van der Waals surface area contributed by atoms with Crippen molar-refractivity contribution in [3.8, 4) is 0 Å². The third-order valence-electron chi connectivity index (χ3n) is 6.34. The highest BCUT2D eigenvalue weighted by atomic mass is 16.5. The van der Waals surface area contributed by atoms with Crippen molar-refractivity contribution >= 4 is 0 Å². The molecule has 3 heteroatoms. The van der Waals surface area contributed by atoms with Gasteiger partial charge in [-0.25, -0.2) is 0 Å². The predicted octanol–water partition coefficient (Wildman–Crippen LogP) is 9.08. The van der Waals surface area contributed by atoms with Gasteiger partial charge >= 0.3 is 0 Å². The van der Waals surface area contributed by atoms with Crippen LogP contribution in [0, 0.1) is 0 Å². The maximum absolute atomic E-state index is 6.34. The van der Waals surface area contributed by atoms with Crippen LogP contribution in [0.1, 0.15) is 130 Å². The Hall–Kier alpha value is -0.900. The molecular formula is C31H59NO2. The van der Waals surface area contributed by atoms with Crippen LogP contribution in [-0.2, 0) is 9.47 Å². The number of hydrogen-bond donors (Lipinski definition) is 1. The summed E-state index contributed by atoms with van der Waals surface area (Å²) in [6, 6.07) is -0.0832. The molecule has 2 N–H and O–H groups in total. The van der Waals surface area contributed by atoms with E-state index in [2.05, 4.69) is 64.2 Å². The number of rotatable bonds is 25. The van der Waals surface area contributed by atoms with Crippen LogP contribution in [0.3, 0.4) is 0 Å². The SMILES string of the molecule is CCCCCC=CCC=CCC=CCCCCCOC(C)(C)C(N)COCCCCCCCC. The van der Waals surface area contributed by atoms with Crippen molar-refractivity contribution in [1.82, 2.24) is 0 Å². The van der Waals surface area contributed by atoms with E-state index in [1.54, 1.807) is 0 Å². The molecule has 0 aromatic carbocycles. The molecule has 1 unspecified atom stereocenters. The van der Waals surface area contributed by atoms with Gasteiger partial charge in [0.05, 0.1) is 18.2 Å². The minimum Gasteiger partial charge on any atom is -0.380 e. The van der Waals surface area contributed by atoms with Crippen LogP contribution in [0.25, 0.3) is 0 Å². The van der Waals surface area contributed by atoms with E-state index in [1.807, 2.05) is 0 Å². The summed E-state index contributed by atoms with van der Waals surface area (Å²) in [6.45, 7) is 10.8. The van der Waals surface area contributed by atoms with Gasteiger partial charge in [-0.15, -0.1) is 0 Å². The van der Waals surface area contributed by atoms with Crippen molar-refractivity contribution in [1.29, 1.82) is 0 Å². The molecule has 0 aromatic rings. The van der Waals surface area contributed by atoms with Gasteiger partial charge < -0.3 is 15.2 Å². The molecule has 0 saturated heterocycles. The molecule has 0 aliphatic rings. The molecule has 0 spiro atoms. The van der Waals surface area contributed by atoms with Gasteiger partial charge in [-0.05, 0) is 65.2 Å². The average molecular weight is 478 g/mol. The second kappa shape index (κ2) is 25.2. The molecule has 3 nitrogen and oxygen atoms in total. The monoisotopic (exact) mass is 477 g/mol. The maximum atomic E-state index is 6.34. The Bertz CT molecular complexity index is 496. The summed E-state index contributed by atoms with van der Waals surface area (Å²) < 4.78 is 11.9. The summed E-state index contributed by atoms with van der Waals surface area (Å²) >= 11 is 0. The van der Waals surface area contributed by atoms with E-state index in [0.29, 0.717) is 6.61 Å². The number of allylic oxidation sites excluding steroid dienone is 6. The molecule has 200 valence electrons. The minimum absolute atomic E-state index is 0.0832. The van der Waals surface area contributed by atoms with Gasteiger partial charge in [-0.1, -0.05) is 102 Å². The van der Waals surface area contributed by atoms with E-state index in [1.165, 1.54) is 70.6 Å². The number of nitrogens with two attached hydrogens (primary N) is 1. The first-order chi connectivity index (χ1) is 16.5. The molecule has 0 heterocycles. The summed E-state index contributed by atoms with van der Waals surface area (Å²) in [5.41, 5.74) is 6.00. The Balaban J connectivity index is 3.59. The number of hydrogen-bond acceptors (Lipinski definition) is 3. The van der Waals surface area contributed by atoms with Crippen LogP contribution in [0.2, 0.25) is 0 Å². The van der Waals surface area contributed by atoms with Crippen LogP contribution in [0.5, 0.6) is 0 Å². The molecule has 0 aromatic heterocycles. The average Bonchev–Trinajstić information content (AvgIpc) is 2.82. The minimum atomic E-state index is -0.335. The standard InChI is InChI=1S/C31H59NO2/c1-5-7-9-11-13-14-15-16-17-18-19-20-21-22-24-26-28-34-31(3,4)30(32)29-33-27-25-23-12-10-8-6-2/h13-14,16-17,19-20,30H,5-12,15,18,21-29,32H2,1-4H3. The zero-order chi connectivity index (χ0) is 25.2. The number of unbranched alkanes of at least 4 members (excludes halogenated alkanes) is 11. The van der Waals surface area contributed by atoms with E-state index in [9.17, 15) is 0 Å². The second-order valence-electron chi connectivity index (χ2n) is 10.1. The van der Waals surface area contributed by atoms with Crippen LogP contribution in [0.15, 0.2) is 36.5 Å². The molecule has 0 aliphatic heterocycles. The molecule has 0 bridgehead atoms. The number of ether oxygens (including phenoxy) is 2. The lowest BCUT2D eigenvalue weighted by atomic mass is 10.00. The largest absolute Gasteiger partial charge is 0.380 e. The summed E-state index contributed by atoms with van der Waals surface area (Å²) in [4.78, 5) is 0. The Morgan fingerprint density at radius 2 is 1.09 bits per heavy atom. The molecule has 0 fully saturated rings. The highest BCUT2D eigenvalue weighted by Gasteiger charge is 2.27. The lowest BCUT2D eigenvalue weighted by Crippen LogP contribution is -2.48. The van der Waals surface area contributed by atoms with Crippen LogP contribution < -0.4 is 5.73 Å². The fraction of sp³-hybridized carbons (Fsp3) is 0.806. The molecule has 34 heavy (non-hydrogen) atoms. The van der Waals surface area contributed by atoms with Crippen LogP contribution in [-0.4, -0.2) is 31.5 Å². The van der Waals surface area contributed by atoms with Crippen molar-refractivity contribution in [2.24, 2.45) is 5.73 Å². The first-order valence-electron chi connectivity index (χ1n) is 14.5. The second-order valence-corrected chi connectivity index (χ2v) is 10.1. The summed E-state index contributed by atoms with van der Waals surface area (Å²) in [6.07, 6.45) is 33.4. The van der Waals surface area contributed by atoms with Gasteiger partial charge in [-0.2, -0.15) is 0 Å². The molecular weight excluding hydrogens is 418 g/mol. The predicted molar refractivity (Wildman–Crippen MR) is 151 cm³/mol. The smallest absolute Gasteiger partial charge is 0.0799 e. The first kappa shape index (κ1) is 33.1. The molecule has 0 amide bonds. The van der Waals surface area contributed by atoms with Crippen LogP contribution >= 0.6 is 0 Å². The van der Waals surface area contributed by atoms with Gasteiger partial charge in [0.1, 0.15) is 0 Å². The van der Waals surface area contributed by atoms with E-state index in [4.69, 9.17) is 15.2 Å². The van der Waals surface area contributed by atoms with Crippen molar-refractivity contribution < 1.29 is 9.47 Å². The maximum Gasteiger partial charge on any atom is 0.0799 e. The molecule has 0 rings (SSSR count). The van der Waals surface area contributed by atoms with Gasteiger partial charge in [0, 0.05) is 13.2 Å². The molecule has 0 aliphatic carbocycles. The molecule has 0 saturated carbocycles. The topological polar surface area (TPSA) is 44.5 Å². The normalized spacial score (nSPS) is 13.7. The van der Waals surface area contributed by atoms with E-state index in [0.717, 1.165) is 45.3 Å². The van der Waals surface area contributed by atoms with Gasteiger partial charge in [0.15, 0.2) is 0 Å². The zero-order valence-corrected chi connectivity index (χ0v) is 23.4. The third-order valence-corrected chi connectivity index (χ3v) is 6.34. The van der Waals surface area contributed by atoms with E-state index < -0.39 is 0 Å². The molecule has 0 radical (unpaired) electrons. The summed E-state index contributed by atoms with van der Waals surface area (Å²) in [5.74, 6) is 0. The fourth-order valence-corrected chi connectivity index (χ4v) is 3.67. The first-order valence-corrected chi connectivity index (χ1v) is 14.5. The highest BCUT2D eigenvalue weighted by molar-refractivity contribution is 4.97. The quantitative estimate of drug-likeness (QED) is 0.105. The third kappa shape index (κ3) is 22.9. The fourth-order valence-electron chi connectivity index (χ4n) is 3.67. The molecule has 1 atom stereocenters. The van der Waals surface area contributed by atoms with Crippen molar-refractivity contribution in [2.45, 2.75) is 142 Å². The Morgan fingerprint density at radius 1 is 0.618 bits per heavy atom. The highest BCUT2D eigenvalue weighted by Crippen LogP contribution is 2.15.